The predicted octanol–water partition coefficient (Wildman–Crippen LogP) is 4.56. The summed E-state index contributed by atoms with van der Waals surface area (Å²) < 4.78 is 22.1. The number of carbonyl (C=O) groups excluding carboxylic acids is 4. The van der Waals surface area contributed by atoms with Crippen molar-refractivity contribution in [2.45, 2.75) is 56.9 Å². The molecule has 0 saturated carbocycles. The van der Waals surface area contributed by atoms with Gasteiger partial charge in [0.25, 0.3) is 0 Å². The van der Waals surface area contributed by atoms with Gasteiger partial charge in [-0.3, -0.25) is 19.2 Å². The number of β-amino-alcohol motifs (C(OH)–C–C–N with tert-alkyl or cyclic N) is 1. The van der Waals surface area contributed by atoms with Gasteiger partial charge in [0.2, 0.25) is 37.2 Å². The van der Waals surface area contributed by atoms with Crippen molar-refractivity contribution < 1.29 is 43.2 Å². The van der Waals surface area contributed by atoms with Gasteiger partial charge in [0, 0.05) is 58.6 Å². The van der Waals surface area contributed by atoms with E-state index in [9.17, 15) is 24.3 Å². The van der Waals surface area contributed by atoms with Crippen molar-refractivity contribution in [2.24, 2.45) is 0 Å². The lowest BCUT2D eigenvalue weighted by molar-refractivity contribution is -0.160. The number of piperazine rings is 2. The number of H-pyrrole nitrogens is 2. The zero-order chi connectivity index (χ0) is 42.4. The Kier molecular flexibility index (Phi) is 8.93. The SMILES string of the molecule is CC(C)N1CC(=O)N2[C@H](c3ccc4c(c3)OCO4)c3[nH]c4ccccc4c3C[C@@H]2C1=O.O=C1[C@H]2Cc3c([nH]c4ccccc34)[C@@H](c3ccc4c(c3)OCO4)N2C(=O)CN1CCO. The summed E-state index contributed by atoms with van der Waals surface area (Å²) in [6.07, 6.45) is 0.946. The van der Waals surface area contributed by atoms with Crippen LogP contribution in [-0.2, 0) is 32.0 Å². The summed E-state index contributed by atoms with van der Waals surface area (Å²) in [7, 11) is 0. The van der Waals surface area contributed by atoms with E-state index in [0.29, 0.717) is 35.8 Å². The molecule has 15 heteroatoms. The van der Waals surface area contributed by atoms with Gasteiger partial charge in [0.05, 0.1) is 25.2 Å². The van der Waals surface area contributed by atoms with Gasteiger partial charge in [0.1, 0.15) is 18.6 Å². The zero-order valence-corrected chi connectivity index (χ0v) is 34.1. The summed E-state index contributed by atoms with van der Waals surface area (Å²) in [5, 5.41) is 11.5. The van der Waals surface area contributed by atoms with Crippen LogP contribution in [0.4, 0.5) is 0 Å². The highest BCUT2D eigenvalue weighted by Gasteiger charge is 2.50. The van der Waals surface area contributed by atoms with Crippen molar-refractivity contribution in [1.82, 2.24) is 29.6 Å². The second-order valence-corrected chi connectivity index (χ2v) is 16.7. The number of aromatic nitrogens is 2. The number of carbonyl (C=O) groups is 4. The van der Waals surface area contributed by atoms with E-state index in [0.717, 1.165) is 55.4 Å². The summed E-state index contributed by atoms with van der Waals surface area (Å²) >= 11 is 0. The molecule has 3 N–H and O–H groups in total. The lowest BCUT2D eigenvalue weighted by Gasteiger charge is -2.48. The molecule has 4 amide bonds. The highest BCUT2D eigenvalue weighted by molar-refractivity contribution is 5.99. The first-order valence-electron chi connectivity index (χ1n) is 21.0. The van der Waals surface area contributed by atoms with Gasteiger partial charge in [-0.15, -0.1) is 0 Å². The number of nitrogens with one attached hydrogen (secondary N) is 2. The number of ether oxygens (including phenoxy) is 4. The predicted molar refractivity (Wildman–Crippen MR) is 225 cm³/mol. The fourth-order valence-electron chi connectivity index (χ4n) is 10.2. The number of aromatic amines is 2. The van der Waals surface area contributed by atoms with Crippen molar-refractivity contribution in [3.8, 4) is 23.0 Å². The number of benzene rings is 4. The minimum Gasteiger partial charge on any atom is -0.454 e. The molecule has 6 aliphatic heterocycles. The van der Waals surface area contributed by atoms with Crippen LogP contribution in [0.2, 0.25) is 0 Å². The van der Waals surface area contributed by atoms with E-state index in [1.807, 2.05) is 92.7 Å². The summed E-state index contributed by atoms with van der Waals surface area (Å²) in [5.41, 5.74) is 7.80. The lowest BCUT2D eigenvalue weighted by atomic mass is 9.86. The Morgan fingerprint density at radius 1 is 0.629 bits per heavy atom. The molecular weight excluding hydrogens is 793 g/mol. The van der Waals surface area contributed by atoms with Crippen LogP contribution in [-0.4, -0.2) is 116 Å². The smallest absolute Gasteiger partial charge is 0.246 e. The molecule has 0 radical (unpaired) electrons. The molecule has 8 heterocycles. The zero-order valence-electron chi connectivity index (χ0n) is 34.1. The molecule has 6 aromatic rings. The maximum absolute atomic E-state index is 13.5. The molecule has 12 rings (SSSR count). The molecule has 4 aromatic carbocycles. The first-order valence-corrected chi connectivity index (χ1v) is 21.0. The largest absolute Gasteiger partial charge is 0.454 e. The second kappa shape index (κ2) is 14.6. The van der Waals surface area contributed by atoms with E-state index in [-0.39, 0.29) is 75.5 Å². The number of hydrogen-bond donors (Lipinski definition) is 3. The molecule has 2 aromatic heterocycles. The van der Waals surface area contributed by atoms with Crippen molar-refractivity contribution in [3.05, 3.63) is 119 Å². The Balaban J connectivity index is 0.000000139. The molecule has 0 spiro atoms. The van der Waals surface area contributed by atoms with Crippen molar-refractivity contribution in [2.75, 3.05) is 39.8 Å². The molecule has 2 saturated heterocycles. The van der Waals surface area contributed by atoms with Gasteiger partial charge in [-0.05, 0) is 72.5 Å². The van der Waals surface area contributed by atoms with Gasteiger partial charge in [-0.1, -0.05) is 48.5 Å². The Morgan fingerprint density at radius 3 is 1.63 bits per heavy atom. The monoisotopic (exact) mass is 836 g/mol. The maximum Gasteiger partial charge on any atom is 0.246 e. The third-order valence-corrected chi connectivity index (χ3v) is 13.1. The van der Waals surface area contributed by atoms with Gasteiger partial charge in [0.15, 0.2) is 23.0 Å². The third kappa shape index (κ3) is 5.89. The maximum atomic E-state index is 13.5. The Hall–Kier alpha value is -7.00. The van der Waals surface area contributed by atoms with Gasteiger partial charge in [-0.2, -0.15) is 0 Å². The van der Waals surface area contributed by atoms with Gasteiger partial charge < -0.3 is 53.6 Å². The Bertz CT molecular complexity index is 2830. The molecule has 6 aliphatic rings. The molecule has 2 fully saturated rings. The van der Waals surface area contributed by atoms with E-state index in [1.54, 1.807) is 14.7 Å². The normalized spacial score (nSPS) is 22.2. The third-order valence-electron chi connectivity index (χ3n) is 13.1. The first-order chi connectivity index (χ1) is 30.2. The van der Waals surface area contributed by atoms with Crippen molar-refractivity contribution in [3.63, 3.8) is 0 Å². The highest BCUT2D eigenvalue weighted by atomic mass is 16.7. The molecule has 0 bridgehead atoms. The average molecular weight is 837 g/mol. The topological polar surface area (TPSA) is 170 Å². The molecule has 62 heavy (non-hydrogen) atoms. The Morgan fingerprint density at radius 2 is 1.11 bits per heavy atom. The molecule has 15 nitrogen and oxygen atoms in total. The number of aliphatic hydroxyl groups excluding tert-OH is 1. The number of para-hydroxylation sites is 2. The van der Waals surface area contributed by atoms with Crippen LogP contribution in [0.25, 0.3) is 21.8 Å². The summed E-state index contributed by atoms with van der Waals surface area (Å²) in [6.45, 7) is 4.32. The second-order valence-electron chi connectivity index (χ2n) is 16.7. The number of rotatable bonds is 5. The first kappa shape index (κ1) is 38.0. The van der Waals surface area contributed by atoms with E-state index < -0.39 is 18.1 Å². The number of hydrogen-bond acceptors (Lipinski definition) is 9. The number of amides is 4. The van der Waals surface area contributed by atoms with E-state index in [4.69, 9.17) is 18.9 Å². The minimum absolute atomic E-state index is 0.0104. The quantitative estimate of drug-likeness (QED) is 0.225. The summed E-state index contributed by atoms with van der Waals surface area (Å²) in [6, 6.07) is 25.5. The van der Waals surface area contributed by atoms with E-state index >= 15 is 0 Å². The highest BCUT2D eigenvalue weighted by Crippen LogP contribution is 2.47. The lowest BCUT2D eigenvalue weighted by Crippen LogP contribution is -2.64. The van der Waals surface area contributed by atoms with E-state index in [2.05, 4.69) is 16.0 Å². The molecule has 0 aliphatic carbocycles. The van der Waals surface area contributed by atoms with Gasteiger partial charge in [-0.25, -0.2) is 0 Å². The Labute approximate surface area is 355 Å². The number of nitrogens with zero attached hydrogens (tertiary/aromatic N) is 4. The number of aliphatic hydroxyl groups is 1. The fraction of sp³-hybridized carbons (Fsp3) is 0.319. The molecule has 4 atom stereocenters. The van der Waals surface area contributed by atoms with Crippen LogP contribution in [0, 0.1) is 0 Å². The van der Waals surface area contributed by atoms with Crippen molar-refractivity contribution in [1.29, 1.82) is 0 Å². The fourth-order valence-corrected chi connectivity index (χ4v) is 10.2. The van der Waals surface area contributed by atoms with Crippen LogP contribution in [0.1, 0.15) is 59.6 Å². The van der Waals surface area contributed by atoms with Crippen LogP contribution in [0.15, 0.2) is 84.9 Å². The van der Waals surface area contributed by atoms with Crippen LogP contribution >= 0.6 is 0 Å². The van der Waals surface area contributed by atoms with Crippen molar-refractivity contribution >= 4 is 45.4 Å². The minimum atomic E-state index is -0.616. The van der Waals surface area contributed by atoms with Crippen LogP contribution in [0.3, 0.4) is 0 Å². The van der Waals surface area contributed by atoms with Crippen LogP contribution < -0.4 is 18.9 Å². The standard InChI is InChI=1S/C24H23N3O4.C23H21N3O5/c1-13(2)26-11-21(28)27-18(24(26)29)10-16-15-5-3-4-6-17(15)25-22(16)23(27)14-7-8-19-20(9-14)31-12-30-19;27-8-7-25-11-20(28)26-17(23(25)29)10-15-14-3-1-2-4-16(14)24-21(15)22(26)13-5-6-18-19(9-13)31-12-30-18/h3-9,13,18,23,25H,10-12H2,1-2H3;1-6,9,17,22,24,27H,7-8,10-12H2/t18-,23-;17-,22-/m11/s1. The van der Waals surface area contributed by atoms with E-state index in [1.165, 1.54) is 4.90 Å². The number of fused-ring (bicyclic) bond motifs is 10. The molecular formula is C47H44N6O9. The average Bonchev–Trinajstić information content (AvgIpc) is 4.10. The summed E-state index contributed by atoms with van der Waals surface area (Å²) in [4.78, 5) is 67.1. The van der Waals surface area contributed by atoms with Gasteiger partial charge >= 0.3 is 0 Å². The molecule has 0 unspecified atom stereocenters. The summed E-state index contributed by atoms with van der Waals surface area (Å²) in [5.74, 6) is 2.37. The van der Waals surface area contributed by atoms with Crippen LogP contribution in [0.5, 0.6) is 23.0 Å². The molecule has 316 valence electrons.